The van der Waals surface area contributed by atoms with Gasteiger partial charge in [0.05, 0.1) is 28.3 Å². The second kappa shape index (κ2) is 9.30. The first-order valence-electron chi connectivity index (χ1n) is 10.3. The van der Waals surface area contributed by atoms with Crippen LogP contribution < -0.4 is 11.1 Å². The molecule has 0 bridgehead atoms. The second-order valence-corrected chi connectivity index (χ2v) is 8.73. The maximum atomic E-state index is 14.2. The Morgan fingerprint density at radius 2 is 1.91 bits per heavy atom. The van der Waals surface area contributed by atoms with Gasteiger partial charge < -0.3 is 16.0 Å². The number of halogens is 3. The molecule has 10 heteroatoms. The Balaban J connectivity index is 1.50. The van der Waals surface area contributed by atoms with Crippen molar-refractivity contribution in [1.29, 1.82) is 0 Å². The fraction of sp³-hybridized carbons (Fsp3) is 0.261. The molecule has 0 radical (unpaired) electrons. The largest absolute Gasteiger partial charge is 0.351 e. The van der Waals surface area contributed by atoms with E-state index in [1.54, 1.807) is 42.5 Å². The van der Waals surface area contributed by atoms with Crippen LogP contribution in [0.25, 0.3) is 10.9 Å². The van der Waals surface area contributed by atoms with Gasteiger partial charge in [-0.1, -0.05) is 30.3 Å². The monoisotopic (exact) mass is 518 g/mol. The van der Waals surface area contributed by atoms with E-state index in [1.165, 1.54) is 10.8 Å². The molecule has 1 aromatic heterocycles. The lowest BCUT2D eigenvalue weighted by atomic mass is 10.0. The third-order valence-electron chi connectivity index (χ3n) is 5.75. The number of hydrogen-bond donors (Lipinski definition) is 2. The number of nitrogens with two attached hydrogens (primary N) is 1. The summed E-state index contributed by atoms with van der Waals surface area (Å²) in [5.74, 6) is -0.787. The summed E-state index contributed by atoms with van der Waals surface area (Å²) in [5.41, 5.74) is 6.59. The minimum absolute atomic E-state index is 0.0322. The van der Waals surface area contributed by atoms with Gasteiger partial charge in [0.25, 0.3) is 0 Å². The first-order valence-corrected chi connectivity index (χ1v) is 11.1. The van der Waals surface area contributed by atoms with E-state index >= 15 is 0 Å². The van der Waals surface area contributed by atoms with E-state index in [0.717, 1.165) is 4.90 Å². The molecule has 2 atom stereocenters. The number of anilines is 1. The van der Waals surface area contributed by atoms with E-state index in [-0.39, 0.29) is 31.6 Å². The Kier molecular flexibility index (Phi) is 6.46. The molecule has 0 unspecified atom stereocenters. The lowest BCUT2D eigenvalue weighted by molar-refractivity contribution is -0.122. The number of para-hydroxylation sites is 1. The van der Waals surface area contributed by atoms with Gasteiger partial charge in [0.2, 0.25) is 0 Å². The predicted octanol–water partition coefficient (Wildman–Crippen LogP) is 4.62. The minimum atomic E-state index is -1.35. The van der Waals surface area contributed by atoms with Gasteiger partial charge in [0.1, 0.15) is 12.0 Å². The molecule has 1 aliphatic rings. The Bertz CT molecular complexity index is 1250. The fourth-order valence-electron chi connectivity index (χ4n) is 4.13. The highest BCUT2D eigenvalue weighted by molar-refractivity contribution is 9.10. The van der Waals surface area contributed by atoms with Crippen molar-refractivity contribution in [3.63, 3.8) is 0 Å². The van der Waals surface area contributed by atoms with Gasteiger partial charge in [-0.25, -0.2) is 18.4 Å². The second-order valence-electron chi connectivity index (χ2n) is 7.88. The molecule has 1 aliphatic heterocycles. The number of benzene rings is 2. The fourth-order valence-corrected chi connectivity index (χ4v) is 4.54. The topological polar surface area (TPSA) is 97.4 Å². The van der Waals surface area contributed by atoms with E-state index in [9.17, 15) is 23.2 Å². The maximum Gasteiger partial charge on any atom is 0.323 e. The quantitative estimate of drug-likeness (QED) is 0.515. The number of hydrogen-bond acceptors (Lipinski definition) is 3. The van der Waals surface area contributed by atoms with Crippen LogP contribution in [-0.2, 0) is 11.2 Å². The van der Waals surface area contributed by atoms with Gasteiger partial charge in [-0.3, -0.25) is 9.36 Å². The van der Waals surface area contributed by atoms with Crippen LogP contribution in [0.2, 0.25) is 0 Å². The summed E-state index contributed by atoms with van der Waals surface area (Å²) in [6, 6.07) is 9.33. The lowest BCUT2D eigenvalue weighted by Crippen LogP contribution is -2.43. The number of fused-ring (bicyclic) bond motifs is 1. The number of rotatable bonds is 5. The number of aromatic nitrogens is 1. The van der Waals surface area contributed by atoms with Crippen LogP contribution in [0.4, 0.5) is 24.1 Å². The van der Waals surface area contributed by atoms with Gasteiger partial charge in [-0.15, -0.1) is 0 Å². The zero-order valence-electron chi connectivity index (χ0n) is 17.4. The molecule has 0 spiro atoms. The number of carbonyl (C=O) groups excluding carboxylic acids is 3. The lowest BCUT2D eigenvalue weighted by Gasteiger charge is -2.23. The van der Waals surface area contributed by atoms with Gasteiger partial charge >= 0.3 is 12.1 Å². The molecule has 0 saturated carbocycles. The van der Waals surface area contributed by atoms with Crippen molar-refractivity contribution in [3.8, 4) is 0 Å². The summed E-state index contributed by atoms with van der Waals surface area (Å²) in [5, 5.41) is 3.25. The smallest absolute Gasteiger partial charge is 0.323 e. The van der Waals surface area contributed by atoms with Gasteiger partial charge in [0, 0.05) is 24.4 Å². The number of primary amides is 1. The van der Waals surface area contributed by atoms with Crippen molar-refractivity contribution in [2.24, 2.45) is 5.73 Å². The number of amides is 3. The number of carbonyl (C=O) groups is 3. The molecule has 2 heterocycles. The molecule has 4 rings (SSSR count). The molecule has 7 nitrogen and oxygen atoms in total. The van der Waals surface area contributed by atoms with Crippen molar-refractivity contribution in [2.75, 3.05) is 11.9 Å². The number of likely N-dealkylation sites (tertiary alicyclic amines) is 1. The number of Topliss-reactive ketones (excluding diaryl/α,β-unsaturated/α-hetero) is 1. The van der Waals surface area contributed by atoms with Gasteiger partial charge in [-0.2, -0.15) is 0 Å². The zero-order valence-corrected chi connectivity index (χ0v) is 19.0. The average molecular weight is 519 g/mol. The van der Waals surface area contributed by atoms with Gasteiger partial charge in [0.15, 0.2) is 5.78 Å². The highest BCUT2D eigenvalue weighted by atomic mass is 79.9. The molecule has 1 fully saturated rings. The molecule has 3 N–H and O–H groups in total. The summed E-state index contributed by atoms with van der Waals surface area (Å²) >= 11 is 3.11. The van der Waals surface area contributed by atoms with Crippen LogP contribution in [0, 0.1) is 5.82 Å². The standard InChI is InChI=1S/C23H21BrF2N4O3/c24-16-6-3-4-13(21(16)26)8-9-20(31)19-10-14(25)11-30(19)23(33)28-17-12-29(22(27)32)18-7-2-1-5-15(17)18/h1-7,12,14,19H,8-11H2,(H2,27,32)(H,28,33)/t14-,19+/m1/s1. The third-order valence-corrected chi connectivity index (χ3v) is 6.36. The SMILES string of the molecule is NC(=O)n1cc(NC(=O)N2C[C@H](F)C[C@H]2C(=O)CCc2cccc(Br)c2F)c2ccccc21. The van der Waals surface area contributed by atoms with Crippen LogP contribution in [0.15, 0.2) is 53.1 Å². The van der Waals surface area contributed by atoms with Crippen LogP contribution in [0.5, 0.6) is 0 Å². The molecule has 33 heavy (non-hydrogen) atoms. The number of urea groups is 1. The molecule has 0 aliphatic carbocycles. The first kappa shape index (κ1) is 22.9. The zero-order chi connectivity index (χ0) is 23.7. The molecule has 3 amide bonds. The Morgan fingerprint density at radius 1 is 1.15 bits per heavy atom. The van der Waals surface area contributed by atoms with Gasteiger partial charge in [-0.05, 0) is 40.0 Å². The van der Waals surface area contributed by atoms with E-state index in [1.807, 2.05) is 0 Å². The molecular formula is C23H21BrF2N4O3. The summed E-state index contributed by atoms with van der Waals surface area (Å²) in [6.45, 7) is -0.234. The van der Waals surface area contributed by atoms with Crippen molar-refractivity contribution in [2.45, 2.75) is 31.5 Å². The normalized spacial score (nSPS) is 18.0. The van der Waals surface area contributed by atoms with Crippen LogP contribution in [-0.4, -0.2) is 46.1 Å². The number of nitrogens with one attached hydrogen (secondary N) is 1. The number of alkyl halides is 1. The first-order chi connectivity index (χ1) is 15.8. The molecule has 2 aromatic carbocycles. The average Bonchev–Trinajstić information content (AvgIpc) is 3.36. The van der Waals surface area contributed by atoms with Crippen molar-refractivity contribution < 1.29 is 23.2 Å². The van der Waals surface area contributed by atoms with E-state index in [2.05, 4.69) is 21.2 Å². The highest BCUT2D eigenvalue weighted by Crippen LogP contribution is 2.29. The Labute approximate surface area is 196 Å². The highest BCUT2D eigenvalue weighted by Gasteiger charge is 2.39. The third kappa shape index (κ3) is 4.61. The van der Waals surface area contributed by atoms with Crippen molar-refractivity contribution >= 4 is 50.4 Å². The predicted molar refractivity (Wildman–Crippen MR) is 123 cm³/mol. The maximum absolute atomic E-state index is 14.2. The number of aryl methyl sites for hydroxylation is 1. The molecule has 3 aromatic rings. The molecular weight excluding hydrogens is 498 g/mol. The summed E-state index contributed by atoms with van der Waals surface area (Å²) in [7, 11) is 0. The molecule has 172 valence electrons. The summed E-state index contributed by atoms with van der Waals surface area (Å²) in [6.07, 6.45) is 0.0327. The van der Waals surface area contributed by atoms with Crippen LogP contribution in [0.3, 0.4) is 0 Å². The minimum Gasteiger partial charge on any atom is -0.351 e. The van der Waals surface area contributed by atoms with Crippen LogP contribution in [0.1, 0.15) is 18.4 Å². The summed E-state index contributed by atoms with van der Waals surface area (Å²) in [4.78, 5) is 38.7. The van der Waals surface area contributed by atoms with E-state index in [4.69, 9.17) is 5.73 Å². The number of ketones is 1. The van der Waals surface area contributed by atoms with Crippen molar-refractivity contribution in [3.05, 3.63) is 64.5 Å². The van der Waals surface area contributed by atoms with Crippen molar-refractivity contribution in [1.82, 2.24) is 9.47 Å². The van der Waals surface area contributed by atoms with E-state index in [0.29, 0.717) is 26.6 Å². The summed E-state index contributed by atoms with van der Waals surface area (Å²) < 4.78 is 29.9. The molecule has 1 saturated heterocycles. The number of nitrogens with zero attached hydrogens (tertiary/aromatic N) is 2. The Morgan fingerprint density at radius 3 is 2.67 bits per heavy atom. The van der Waals surface area contributed by atoms with Crippen LogP contribution >= 0.6 is 15.9 Å². The van der Waals surface area contributed by atoms with E-state index < -0.39 is 30.1 Å². The Hall–Kier alpha value is -3.27.